The van der Waals surface area contributed by atoms with Gasteiger partial charge >= 0.3 is 0 Å². The monoisotopic (exact) mass is 320 g/mol. The Morgan fingerprint density at radius 2 is 1.90 bits per heavy atom. The molecule has 0 saturated carbocycles. The van der Waals surface area contributed by atoms with Crippen molar-refractivity contribution in [2.24, 2.45) is 5.92 Å². The fraction of sp³-hybridized carbons (Fsp3) is 1.00. The summed E-state index contributed by atoms with van der Waals surface area (Å²) in [7, 11) is -1.31. The van der Waals surface area contributed by atoms with Gasteiger partial charge in [-0.25, -0.2) is 4.72 Å². The van der Waals surface area contributed by atoms with Crippen molar-refractivity contribution in [2.75, 3.05) is 46.3 Å². The lowest BCUT2D eigenvalue weighted by Gasteiger charge is -2.31. The van der Waals surface area contributed by atoms with E-state index >= 15 is 0 Å². The molecule has 0 aromatic rings. The van der Waals surface area contributed by atoms with Crippen molar-refractivity contribution in [1.82, 2.24) is 19.2 Å². The van der Waals surface area contributed by atoms with Gasteiger partial charge in [-0.3, -0.25) is 0 Å². The fourth-order valence-electron chi connectivity index (χ4n) is 2.40. The van der Waals surface area contributed by atoms with Gasteiger partial charge in [-0.1, -0.05) is 6.92 Å². The molecule has 1 rings (SSSR count). The fourth-order valence-corrected chi connectivity index (χ4v) is 3.63. The minimum Gasteiger partial charge on any atom is -0.317 e. The zero-order chi connectivity index (χ0) is 15.9. The lowest BCUT2D eigenvalue weighted by Crippen LogP contribution is -2.47. The Morgan fingerprint density at radius 1 is 1.29 bits per heavy atom. The molecule has 7 heteroatoms. The van der Waals surface area contributed by atoms with E-state index in [1.54, 1.807) is 4.31 Å². The quantitative estimate of drug-likeness (QED) is 0.649. The summed E-state index contributed by atoms with van der Waals surface area (Å²) in [4.78, 5) is 2.13. The Bertz CT molecular complexity index is 378. The molecule has 0 amide bonds. The zero-order valence-electron chi connectivity index (χ0n) is 13.9. The molecule has 21 heavy (non-hydrogen) atoms. The molecular formula is C14H32N4O2S. The molecule has 1 saturated heterocycles. The maximum absolute atomic E-state index is 12.2. The highest BCUT2D eigenvalue weighted by molar-refractivity contribution is 7.87. The lowest BCUT2D eigenvalue weighted by molar-refractivity contribution is 0.260. The molecule has 0 aliphatic carbocycles. The number of nitrogens with one attached hydrogen (secondary N) is 2. The maximum Gasteiger partial charge on any atom is 0.279 e. The molecule has 0 spiro atoms. The van der Waals surface area contributed by atoms with Gasteiger partial charge in [0.05, 0.1) is 0 Å². The second-order valence-electron chi connectivity index (χ2n) is 6.12. The first-order valence-corrected chi connectivity index (χ1v) is 9.46. The van der Waals surface area contributed by atoms with Crippen molar-refractivity contribution in [3.05, 3.63) is 0 Å². The molecule has 0 bridgehead atoms. The highest BCUT2D eigenvalue weighted by Gasteiger charge is 2.27. The Hall–Kier alpha value is -0.210. The average molecular weight is 321 g/mol. The summed E-state index contributed by atoms with van der Waals surface area (Å²) in [5.41, 5.74) is 0. The van der Waals surface area contributed by atoms with Crippen LogP contribution in [0, 0.1) is 5.92 Å². The maximum atomic E-state index is 12.2. The summed E-state index contributed by atoms with van der Waals surface area (Å²) in [5, 5.41) is 3.34. The van der Waals surface area contributed by atoms with Crippen molar-refractivity contribution in [3.8, 4) is 0 Å². The molecule has 1 fully saturated rings. The van der Waals surface area contributed by atoms with Crippen LogP contribution in [-0.4, -0.2) is 70.0 Å². The smallest absolute Gasteiger partial charge is 0.279 e. The van der Waals surface area contributed by atoms with Crippen LogP contribution in [0.15, 0.2) is 0 Å². The summed E-state index contributed by atoms with van der Waals surface area (Å²) >= 11 is 0. The lowest BCUT2D eigenvalue weighted by atomic mass is 9.98. The number of hydrogen-bond donors (Lipinski definition) is 2. The van der Waals surface area contributed by atoms with Crippen molar-refractivity contribution in [3.63, 3.8) is 0 Å². The summed E-state index contributed by atoms with van der Waals surface area (Å²) in [5.74, 6) is 0.600. The predicted molar refractivity (Wildman–Crippen MR) is 87.5 cm³/mol. The first-order chi connectivity index (χ1) is 9.86. The van der Waals surface area contributed by atoms with Crippen LogP contribution in [-0.2, 0) is 10.2 Å². The minimum absolute atomic E-state index is 0.427. The molecule has 1 heterocycles. The van der Waals surface area contributed by atoms with E-state index in [0.29, 0.717) is 31.6 Å². The van der Waals surface area contributed by atoms with Crippen molar-refractivity contribution in [2.45, 2.75) is 39.7 Å². The topological polar surface area (TPSA) is 64.7 Å². The molecular weight excluding hydrogens is 288 g/mol. The number of hydrogen-bond acceptors (Lipinski definition) is 4. The van der Waals surface area contributed by atoms with E-state index in [-0.39, 0.29) is 0 Å². The Balaban J connectivity index is 2.32. The van der Waals surface area contributed by atoms with Crippen molar-refractivity contribution < 1.29 is 8.42 Å². The van der Waals surface area contributed by atoms with Gasteiger partial charge in [0.15, 0.2) is 0 Å². The van der Waals surface area contributed by atoms with Crippen LogP contribution in [0.1, 0.15) is 33.6 Å². The summed E-state index contributed by atoms with van der Waals surface area (Å²) in [6, 6.07) is 0.427. The van der Waals surface area contributed by atoms with Gasteiger partial charge in [0.2, 0.25) is 0 Å². The molecule has 0 radical (unpaired) electrons. The Labute approximate surface area is 130 Å². The summed E-state index contributed by atoms with van der Waals surface area (Å²) < 4.78 is 28.8. The van der Waals surface area contributed by atoms with Gasteiger partial charge in [0.25, 0.3) is 10.2 Å². The SMILES string of the molecule is CCNCC1CCN(S(=O)(=O)NCCN(C)C(C)C)CC1. The zero-order valence-corrected chi connectivity index (χ0v) is 14.7. The van der Waals surface area contributed by atoms with E-state index in [2.05, 4.69) is 35.7 Å². The number of rotatable bonds is 9. The van der Waals surface area contributed by atoms with Crippen LogP contribution in [0.2, 0.25) is 0 Å². The third-order valence-corrected chi connectivity index (χ3v) is 5.84. The van der Waals surface area contributed by atoms with E-state index < -0.39 is 10.2 Å². The van der Waals surface area contributed by atoms with Gasteiger partial charge < -0.3 is 10.2 Å². The first kappa shape index (κ1) is 18.8. The van der Waals surface area contributed by atoms with Crippen LogP contribution in [0.5, 0.6) is 0 Å². The normalized spacial score (nSPS) is 18.8. The molecule has 1 aliphatic heterocycles. The first-order valence-electron chi connectivity index (χ1n) is 8.02. The third-order valence-electron chi connectivity index (χ3n) is 4.23. The summed E-state index contributed by atoms with van der Waals surface area (Å²) in [6.07, 6.45) is 1.89. The minimum atomic E-state index is -3.31. The van der Waals surface area contributed by atoms with Gasteiger partial charge in [-0.15, -0.1) is 0 Å². The van der Waals surface area contributed by atoms with E-state index in [0.717, 1.165) is 32.5 Å². The van der Waals surface area contributed by atoms with Crippen LogP contribution >= 0.6 is 0 Å². The van der Waals surface area contributed by atoms with E-state index in [1.165, 1.54) is 0 Å². The summed E-state index contributed by atoms with van der Waals surface area (Å²) in [6.45, 7) is 10.7. The highest BCUT2D eigenvalue weighted by atomic mass is 32.2. The standard InChI is InChI=1S/C14H32N4O2S/c1-5-15-12-14-6-9-18(10-7-14)21(19,20)16-8-11-17(4)13(2)3/h13-16H,5-12H2,1-4H3. The number of nitrogens with zero attached hydrogens (tertiary/aromatic N) is 2. The van der Waals surface area contributed by atoms with Gasteiger partial charge in [-0.05, 0) is 52.7 Å². The highest BCUT2D eigenvalue weighted by Crippen LogP contribution is 2.18. The molecule has 2 N–H and O–H groups in total. The second-order valence-corrected chi connectivity index (χ2v) is 7.88. The molecule has 1 aliphatic rings. The Morgan fingerprint density at radius 3 is 2.43 bits per heavy atom. The van der Waals surface area contributed by atoms with E-state index in [1.807, 2.05) is 7.05 Å². The number of piperidine rings is 1. The number of likely N-dealkylation sites (N-methyl/N-ethyl adjacent to an activating group) is 1. The predicted octanol–water partition coefficient (Wildman–Crippen LogP) is 0.483. The van der Waals surface area contributed by atoms with Crippen molar-refractivity contribution >= 4 is 10.2 Å². The molecule has 6 nitrogen and oxygen atoms in total. The van der Waals surface area contributed by atoms with Crippen LogP contribution in [0.25, 0.3) is 0 Å². The van der Waals surface area contributed by atoms with Crippen molar-refractivity contribution in [1.29, 1.82) is 0 Å². The van der Waals surface area contributed by atoms with Gasteiger partial charge in [0, 0.05) is 32.2 Å². The second kappa shape index (κ2) is 9.05. The van der Waals surface area contributed by atoms with Crippen LogP contribution in [0.3, 0.4) is 0 Å². The molecule has 0 atom stereocenters. The average Bonchev–Trinajstić information content (AvgIpc) is 2.45. The largest absolute Gasteiger partial charge is 0.317 e. The molecule has 0 unspecified atom stereocenters. The van der Waals surface area contributed by atoms with Crippen LogP contribution in [0.4, 0.5) is 0 Å². The van der Waals surface area contributed by atoms with Crippen LogP contribution < -0.4 is 10.0 Å². The molecule has 0 aromatic heterocycles. The van der Waals surface area contributed by atoms with E-state index in [9.17, 15) is 8.42 Å². The molecule has 0 aromatic carbocycles. The molecule has 126 valence electrons. The third kappa shape index (κ3) is 6.61. The van der Waals surface area contributed by atoms with E-state index in [4.69, 9.17) is 0 Å². The van der Waals surface area contributed by atoms with Gasteiger partial charge in [0.1, 0.15) is 0 Å². The Kier molecular flexibility index (Phi) is 8.12. The van der Waals surface area contributed by atoms with Gasteiger partial charge in [-0.2, -0.15) is 12.7 Å².